The van der Waals surface area contributed by atoms with E-state index in [0.717, 1.165) is 6.07 Å². The molecule has 1 aromatic carbocycles. The minimum Gasteiger partial charge on any atom is -0.444 e. The van der Waals surface area contributed by atoms with Crippen molar-refractivity contribution in [1.29, 1.82) is 0 Å². The molecule has 0 aromatic heterocycles. The molecule has 7 heteroatoms. The number of ether oxygens (including phenoxy) is 1. The Hall–Kier alpha value is -1.76. The van der Waals surface area contributed by atoms with Gasteiger partial charge in [-0.3, -0.25) is 0 Å². The summed E-state index contributed by atoms with van der Waals surface area (Å²) in [6, 6.07) is 3.54. The fourth-order valence-electron chi connectivity index (χ4n) is 4.29. The molecule has 4 nitrogen and oxygen atoms in total. The second kappa shape index (κ2) is 6.40. The number of hydrogen-bond acceptors (Lipinski definition) is 3. The Balaban J connectivity index is 1.86. The minimum absolute atomic E-state index is 0.129. The highest BCUT2D eigenvalue weighted by Gasteiger charge is 2.51. The van der Waals surface area contributed by atoms with Crippen molar-refractivity contribution in [2.24, 2.45) is 0 Å². The van der Waals surface area contributed by atoms with E-state index in [2.05, 4.69) is 0 Å². The zero-order chi connectivity index (χ0) is 20.2. The summed E-state index contributed by atoms with van der Waals surface area (Å²) in [4.78, 5) is 14.2. The molecular weight excluding hydrogens is 359 g/mol. The number of fused-ring (bicyclic) bond motifs is 2. The molecule has 0 saturated carbocycles. The van der Waals surface area contributed by atoms with Crippen molar-refractivity contribution in [3.8, 4) is 0 Å². The minimum atomic E-state index is -4.47. The molecule has 0 radical (unpaired) electrons. The van der Waals surface area contributed by atoms with Gasteiger partial charge in [-0.25, -0.2) is 4.79 Å². The van der Waals surface area contributed by atoms with E-state index in [1.807, 2.05) is 0 Å². The molecule has 0 aliphatic carbocycles. The van der Waals surface area contributed by atoms with Crippen LogP contribution in [-0.4, -0.2) is 33.8 Å². The predicted molar refractivity (Wildman–Crippen MR) is 94.2 cm³/mol. The quantitative estimate of drug-likeness (QED) is 0.758. The van der Waals surface area contributed by atoms with E-state index >= 15 is 0 Å². The highest BCUT2D eigenvalue weighted by Crippen LogP contribution is 2.47. The molecule has 1 N–H and O–H groups in total. The molecule has 2 fully saturated rings. The van der Waals surface area contributed by atoms with E-state index in [0.29, 0.717) is 12.8 Å². The number of carbonyl (C=O) groups excluding carboxylic acids is 1. The molecule has 1 aromatic rings. The third-order valence-corrected chi connectivity index (χ3v) is 5.45. The van der Waals surface area contributed by atoms with Gasteiger partial charge >= 0.3 is 12.3 Å². The van der Waals surface area contributed by atoms with Crippen LogP contribution in [0.3, 0.4) is 0 Å². The van der Waals surface area contributed by atoms with Crippen LogP contribution in [0.25, 0.3) is 0 Å². The van der Waals surface area contributed by atoms with Crippen LogP contribution in [0.5, 0.6) is 0 Å². The zero-order valence-corrected chi connectivity index (χ0v) is 16.1. The van der Waals surface area contributed by atoms with Gasteiger partial charge in [0.25, 0.3) is 0 Å². The van der Waals surface area contributed by atoms with Crippen LogP contribution >= 0.6 is 0 Å². The number of amides is 1. The van der Waals surface area contributed by atoms with Gasteiger partial charge in [-0.05, 0) is 57.7 Å². The van der Waals surface area contributed by atoms with Crippen molar-refractivity contribution in [3.63, 3.8) is 0 Å². The van der Waals surface area contributed by atoms with Crippen molar-refractivity contribution >= 4 is 6.09 Å². The standard InChI is InChI=1S/C20H26F3NO3/c1-12-5-6-13(9-16(12)20(21,22)23)19(26)10-14-7-8-15(11-19)24(14)17(25)27-18(2,3)4/h5-6,9,14-15,26H,7-8,10-11H2,1-4H3. The summed E-state index contributed by atoms with van der Waals surface area (Å²) in [5.41, 5.74) is -2.33. The van der Waals surface area contributed by atoms with Gasteiger partial charge in [-0.1, -0.05) is 12.1 Å². The Morgan fingerprint density at radius 2 is 1.74 bits per heavy atom. The first-order chi connectivity index (χ1) is 12.3. The fraction of sp³-hybridized carbons (Fsp3) is 0.650. The van der Waals surface area contributed by atoms with Crippen LogP contribution in [0, 0.1) is 6.92 Å². The molecule has 2 bridgehead atoms. The van der Waals surface area contributed by atoms with Crippen molar-refractivity contribution < 1.29 is 27.8 Å². The highest BCUT2D eigenvalue weighted by molar-refractivity contribution is 5.70. The van der Waals surface area contributed by atoms with Gasteiger partial charge in [-0.15, -0.1) is 0 Å². The largest absolute Gasteiger partial charge is 0.444 e. The van der Waals surface area contributed by atoms with Gasteiger partial charge < -0.3 is 14.7 Å². The summed E-state index contributed by atoms with van der Waals surface area (Å²) in [7, 11) is 0. The van der Waals surface area contributed by atoms with Crippen molar-refractivity contribution in [2.45, 2.75) is 82.8 Å². The molecule has 2 heterocycles. The number of rotatable bonds is 1. The summed E-state index contributed by atoms with van der Waals surface area (Å²) in [5, 5.41) is 11.2. The maximum Gasteiger partial charge on any atom is 0.416 e. The van der Waals surface area contributed by atoms with Gasteiger partial charge in [0.05, 0.1) is 11.2 Å². The molecule has 2 unspecified atom stereocenters. The monoisotopic (exact) mass is 385 g/mol. The average molecular weight is 385 g/mol. The number of aliphatic hydroxyl groups is 1. The van der Waals surface area contributed by atoms with Crippen LogP contribution in [-0.2, 0) is 16.5 Å². The molecule has 27 heavy (non-hydrogen) atoms. The van der Waals surface area contributed by atoms with E-state index < -0.39 is 29.0 Å². The zero-order valence-electron chi connectivity index (χ0n) is 16.1. The first-order valence-electron chi connectivity index (χ1n) is 9.22. The number of alkyl halides is 3. The summed E-state index contributed by atoms with van der Waals surface area (Å²) < 4.78 is 45.3. The summed E-state index contributed by atoms with van der Waals surface area (Å²) >= 11 is 0. The van der Waals surface area contributed by atoms with Crippen molar-refractivity contribution in [1.82, 2.24) is 4.90 Å². The Morgan fingerprint density at radius 3 is 2.22 bits per heavy atom. The molecule has 150 valence electrons. The van der Waals surface area contributed by atoms with Gasteiger partial charge in [0.2, 0.25) is 0 Å². The SMILES string of the molecule is Cc1ccc(C2(O)CC3CCC(C2)N3C(=O)OC(C)(C)C)cc1C(F)(F)F. The third kappa shape index (κ3) is 3.93. The average Bonchev–Trinajstić information content (AvgIpc) is 2.77. The summed E-state index contributed by atoms with van der Waals surface area (Å²) in [5.74, 6) is 0. The number of hydrogen-bond donors (Lipinski definition) is 1. The number of nitrogens with zero attached hydrogens (tertiary/aromatic N) is 1. The smallest absolute Gasteiger partial charge is 0.416 e. The van der Waals surface area contributed by atoms with E-state index in [1.165, 1.54) is 13.0 Å². The number of piperidine rings is 1. The third-order valence-electron chi connectivity index (χ3n) is 5.45. The van der Waals surface area contributed by atoms with Crippen LogP contribution in [0.2, 0.25) is 0 Å². The summed E-state index contributed by atoms with van der Waals surface area (Å²) in [6.45, 7) is 6.78. The maximum absolute atomic E-state index is 13.3. The number of benzene rings is 1. The van der Waals surface area contributed by atoms with E-state index in [4.69, 9.17) is 4.74 Å². The van der Waals surface area contributed by atoms with E-state index in [-0.39, 0.29) is 36.1 Å². The fourth-order valence-corrected chi connectivity index (χ4v) is 4.29. The Kier molecular flexibility index (Phi) is 4.74. The lowest BCUT2D eigenvalue weighted by Gasteiger charge is -2.44. The van der Waals surface area contributed by atoms with E-state index in [9.17, 15) is 23.1 Å². The normalized spacial score (nSPS) is 28.4. The van der Waals surface area contributed by atoms with Gasteiger partial charge in [0.1, 0.15) is 5.60 Å². The van der Waals surface area contributed by atoms with Crippen LogP contribution in [0.1, 0.15) is 63.1 Å². The Labute approximate surface area is 157 Å². The van der Waals surface area contributed by atoms with Gasteiger partial charge in [-0.2, -0.15) is 13.2 Å². The number of aryl methyl sites for hydroxylation is 1. The lowest BCUT2D eigenvalue weighted by atomic mass is 9.79. The lowest BCUT2D eigenvalue weighted by Crippen LogP contribution is -2.53. The Morgan fingerprint density at radius 1 is 1.19 bits per heavy atom. The first-order valence-corrected chi connectivity index (χ1v) is 9.22. The van der Waals surface area contributed by atoms with Crippen LogP contribution in [0.4, 0.5) is 18.0 Å². The van der Waals surface area contributed by atoms with Crippen LogP contribution in [0.15, 0.2) is 18.2 Å². The topological polar surface area (TPSA) is 49.8 Å². The van der Waals surface area contributed by atoms with Crippen molar-refractivity contribution in [2.75, 3.05) is 0 Å². The molecule has 2 atom stereocenters. The van der Waals surface area contributed by atoms with E-state index in [1.54, 1.807) is 31.7 Å². The second-order valence-electron chi connectivity index (χ2n) is 8.74. The molecule has 2 aliphatic rings. The molecule has 0 spiro atoms. The maximum atomic E-state index is 13.3. The van der Waals surface area contributed by atoms with Gasteiger partial charge in [0, 0.05) is 24.9 Å². The predicted octanol–water partition coefficient (Wildman–Crippen LogP) is 4.76. The van der Waals surface area contributed by atoms with Gasteiger partial charge in [0.15, 0.2) is 0 Å². The molecule has 2 aliphatic heterocycles. The Bertz CT molecular complexity index is 725. The van der Waals surface area contributed by atoms with Crippen LogP contribution < -0.4 is 0 Å². The second-order valence-corrected chi connectivity index (χ2v) is 8.74. The number of carbonyl (C=O) groups is 1. The highest BCUT2D eigenvalue weighted by atomic mass is 19.4. The molecule has 2 saturated heterocycles. The first kappa shape index (κ1) is 20.0. The van der Waals surface area contributed by atoms with Crippen molar-refractivity contribution in [3.05, 3.63) is 34.9 Å². The lowest BCUT2D eigenvalue weighted by molar-refractivity contribution is -0.138. The summed E-state index contributed by atoms with van der Waals surface area (Å²) in [6.07, 6.45) is -3.04. The molecular formula is C20H26F3NO3. The molecule has 3 rings (SSSR count). The molecule has 1 amide bonds. The number of halogens is 3.